The van der Waals surface area contributed by atoms with Crippen molar-refractivity contribution in [2.24, 2.45) is 0 Å². The molecule has 0 radical (unpaired) electrons. The second kappa shape index (κ2) is 5.62. The quantitative estimate of drug-likeness (QED) is 0.862. The van der Waals surface area contributed by atoms with Crippen LogP contribution in [0.2, 0.25) is 0 Å². The Hall–Kier alpha value is -1.63. The lowest BCUT2D eigenvalue weighted by atomic mass is 10.3. The van der Waals surface area contributed by atoms with Gasteiger partial charge in [-0.15, -0.1) is 11.3 Å². The molecule has 2 N–H and O–H groups in total. The Labute approximate surface area is 103 Å². The maximum absolute atomic E-state index is 11.3. The van der Waals surface area contributed by atoms with Crippen LogP contribution < -0.4 is 5.32 Å². The molecule has 0 aromatic carbocycles. The van der Waals surface area contributed by atoms with Gasteiger partial charge in [0.2, 0.25) is 0 Å². The van der Waals surface area contributed by atoms with Gasteiger partial charge in [0.05, 0.1) is 12.1 Å². The van der Waals surface area contributed by atoms with Gasteiger partial charge in [-0.25, -0.2) is 14.6 Å². The molecule has 6 nitrogen and oxygen atoms in total. The van der Waals surface area contributed by atoms with E-state index in [2.05, 4.69) is 10.3 Å². The summed E-state index contributed by atoms with van der Waals surface area (Å²) in [5, 5.41) is 13.3. The zero-order valence-electron chi connectivity index (χ0n) is 9.76. The van der Waals surface area contributed by atoms with E-state index in [1.165, 1.54) is 16.7 Å². The summed E-state index contributed by atoms with van der Waals surface area (Å²) in [7, 11) is 0. The Morgan fingerprint density at radius 1 is 1.47 bits per heavy atom. The minimum atomic E-state index is -1.08. The molecule has 0 fully saturated rings. The number of aromatic nitrogens is 1. The van der Waals surface area contributed by atoms with Crippen LogP contribution >= 0.6 is 11.3 Å². The minimum Gasteiger partial charge on any atom is -0.476 e. The van der Waals surface area contributed by atoms with E-state index in [-0.39, 0.29) is 17.8 Å². The molecule has 17 heavy (non-hydrogen) atoms. The Balaban J connectivity index is 2.60. The first kappa shape index (κ1) is 13.4. The summed E-state index contributed by atoms with van der Waals surface area (Å²) in [6.45, 7) is 5.21. The average molecular weight is 258 g/mol. The molecular formula is C10H14N2O4S. The van der Waals surface area contributed by atoms with Crippen molar-refractivity contribution in [1.82, 2.24) is 10.3 Å². The summed E-state index contributed by atoms with van der Waals surface area (Å²) >= 11 is 1.18. The van der Waals surface area contributed by atoms with Crippen molar-refractivity contribution in [2.45, 2.75) is 32.9 Å². The summed E-state index contributed by atoms with van der Waals surface area (Å²) in [5.74, 6) is -1.08. The topological polar surface area (TPSA) is 88.5 Å². The van der Waals surface area contributed by atoms with Crippen LogP contribution in [0.3, 0.4) is 0 Å². The highest BCUT2D eigenvalue weighted by Gasteiger charge is 2.16. The first-order valence-corrected chi connectivity index (χ1v) is 5.94. The van der Waals surface area contributed by atoms with Crippen molar-refractivity contribution in [1.29, 1.82) is 0 Å². The fraction of sp³-hybridized carbons (Fsp3) is 0.500. The van der Waals surface area contributed by atoms with Gasteiger partial charge in [0, 0.05) is 5.38 Å². The predicted octanol–water partition coefficient (Wildman–Crippen LogP) is 2.04. The maximum Gasteiger partial charge on any atom is 0.407 e. The first-order chi connectivity index (χ1) is 7.90. The highest BCUT2D eigenvalue weighted by Crippen LogP contribution is 2.18. The number of carboxylic acids is 1. The van der Waals surface area contributed by atoms with Crippen LogP contribution in [-0.2, 0) is 4.74 Å². The van der Waals surface area contributed by atoms with Crippen LogP contribution in [0.5, 0.6) is 0 Å². The Bertz CT molecular complexity index is 416. The van der Waals surface area contributed by atoms with Crippen molar-refractivity contribution in [3.8, 4) is 0 Å². The second-order valence-corrected chi connectivity index (χ2v) is 4.59. The zero-order valence-corrected chi connectivity index (χ0v) is 10.6. The lowest BCUT2D eigenvalue weighted by Gasteiger charge is -2.13. The normalized spacial score (nSPS) is 12.2. The number of alkyl carbamates (subject to hydrolysis) is 1. The number of thiazole rings is 1. The van der Waals surface area contributed by atoms with Crippen LogP contribution in [-0.4, -0.2) is 28.3 Å². The molecule has 0 bridgehead atoms. The highest BCUT2D eigenvalue weighted by atomic mass is 32.1. The van der Waals surface area contributed by atoms with Gasteiger partial charge in [-0.1, -0.05) is 0 Å². The standard InChI is InChI=1S/C10H14N2O4S/c1-5(2)16-10(15)11-6(3)8-12-7(4-17-8)9(13)14/h4-6H,1-3H3,(H,11,15)(H,13,14). The third kappa shape index (κ3) is 4.03. The van der Waals surface area contributed by atoms with Crippen LogP contribution in [0.1, 0.15) is 42.3 Å². The van der Waals surface area contributed by atoms with Crippen LogP contribution in [0.25, 0.3) is 0 Å². The zero-order chi connectivity index (χ0) is 13.0. The molecule has 0 spiro atoms. The molecule has 0 saturated heterocycles. The van der Waals surface area contributed by atoms with Gasteiger partial charge in [0.25, 0.3) is 0 Å². The summed E-state index contributed by atoms with van der Waals surface area (Å²) in [5.41, 5.74) is -0.0177. The molecule has 7 heteroatoms. The number of carbonyl (C=O) groups excluding carboxylic acids is 1. The van der Waals surface area contributed by atoms with Gasteiger partial charge in [-0.05, 0) is 20.8 Å². The second-order valence-electron chi connectivity index (χ2n) is 3.70. The van der Waals surface area contributed by atoms with Gasteiger partial charge in [0.15, 0.2) is 5.69 Å². The van der Waals surface area contributed by atoms with Gasteiger partial charge < -0.3 is 15.2 Å². The number of carbonyl (C=O) groups is 2. The van der Waals surface area contributed by atoms with Gasteiger partial charge in [0.1, 0.15) is 5.01 Å². The van der Waals surface area contributed by atoms with E-state index in [0.29, 0.717) is 5.01 Å². The largest absolute Gasteiger partial charge is 0.476 e. The highest BCUT2D eigenvalue weighted by molar-refractivity contribution is 7.09. The lowest BCUT2D eigenvalue weighted by molar-refractivity contribution is 0.0691. The predicted molar refractivity (Wildman–Crippen MR) is 62.2 cm³/mol. The number of ether oxygens (including phenoxy) is 1. The molecule has 0 aliphatic heterocycles. The maximum atomic E-state index is 11.3. The van der Waals surface area contributed by atoms with Gasteiger partial charge >= 0.3 is 12.1 Å². The Morgan fingerprint density at radius 2 is 2.12 bits per heavy atom. The van der Waals surface area contributed by atoms with Gasteiger partial charge in [-0.3, -0.25) is 0 Å². The molecule has 0 aliphatic carbocycles. The number of carboxylic acid groups (broad SMARTS) is 1. The summed E-state index contributed by atoms with van der Waals surface area (Å²) in [6, 6.07) is -0.376. The summed E-state index contributed by atoms with van der Waals surface area (Å²) in [4.78, 5) is 25.8. The molecule has 1 amide bonds. The molecular weight excluding hydrogens is 244 g/mol. The first-order valence-electron chi connectivity index (χ1n) is 5.06. The fourth-order valence-corrected chi connectivity index (χ4v) is 1.87. The summed E-state index contributed by atoms with van der Waals surface area (Å²) in [6.07, 6.45) is -0.743. The third-order valence-corrected chi connectivity index (χ3v) is 2.82. The number of nitrogens with one attached hydrogen (secondary N) is 1. The van der Waals surface area contributed by atoms with Crippen molar-refractivity contribution in [2.75, 3.05) is 0 Å². The molecule has 1 aromatic heterocycles. The van der Waals surface area contributed by atoms with Crippen LogP contribution in [0, 0.1) is 0 Å². The van der Waals surface area contributed by atoms with E-state index in [1.54, 1.807) is 20.8 Å². The van der Waals surface area contributed by atoms with Crippen molar-refractivity contribution < 1.29 is 19.4 Å². The van der Waals surface area contributed by atoms with Crippen molar-refractivity contribution in [3.05, 3.63) is 16.1 Å². The SMILES string of the molecule is CC(C)OC(=O)NC(C)c1nc(C(=O)O)cs1. The molecule has 94 valence electrons. The molecule has 1 atom stereocenters. The van der Waals surface area contributed by atoms with Crippen LogP contribution in [0.15, 0.2) is 5.38 Å². The monoisotopic (exact) mass is 258 g/mol. The van der Waals surface area contributed by atoms with E-state index in [9.17, 15) is 9.59 Å². The molecule has 0 saturated carbocycles. The van der Waals surface area contributed by atoms with Crippen molar-refractivity contribution >= 4 is 23.4 Å². The minimum absolute atomic E-state index is 0.0177. The molecule has 1 rings (SSSR count). The fourth-order valence-electron chi connectivity index (χ4n) is 1.07. The van der Waals surface area contributed by atoms with E-state index in [4.69, 9.17) is 9.84 Å². The summed E-state index contributed by atoms with van der Waals surface area (Å²) < 4.78 is 4.91. The van der Waals surface area contributed by atoms with E-state index < -0.39 is 12.1 Å². The number of hydrogen-bond donors (Lipinski definition) is 2. The van der Waals surface area contributed by atoms with E-state index in [1.807, 2.05) is 0 Å². The molecule has 1 aromatic rings. The number of aromatic carboxylic acids is 1. The number of amides is 1. The third-order valence-electron chi connectivity index (χ3n) is 1.79. The van der Waals surface area contributed by atoms with Crippen LogP contribution in [0.4, 0.5) is 4.79 Å². The smallest absolute Gasteiger partial charge is 0.407 e. The van der Waals surface area contributed by atoms with Crippen molar-refractivity contribution in [3.63, 3.8) is 0 Å². The van der Waals surface area contributed by atoms with E-state index >= 15 is 0 Å². The molecule has 1 unspecified atom stereocenters. The number of rotatable bonds is 4. The lowest BCUT2D eigenvalue weighted by Crippen LogP contribution is -2.29. The Morgan fingerprint density at radius 3 is 2.59 bits per heavy atom. The molecule has 0 aliphatic rings. The molecule has 1 heterocycles. The van der Waals surface area contributed by atoms with Gasteiger partial charge in [-0.2, -0.15) is 0 Å². The van der Waals surface area contributed by atoms with E-state index in [0.717, 1.165) is 0 Å². The number of nitrogens with zero attached hydrogens (tertiary/aromatic N) is 1. The average Bonchev–Trinajstić information content (AvgIpc) is 2.64. The number of hydrogen-bond acceptors (Lipinski definition) is 5. The Kier molecular flexibility index (Phi) is 4.45.